The third kappa shape index (κ3) is 4.43. The Hall–Kier alpha value is -3.00. The van der Waals surface area contributed by atoms with Gasteiger partial charge in [0.05, 0.1) is 0 Å². The van der Waals surface area contributed by atoms with Crippen LogP contribution < -0.4 is 0 Å². The van der Waals surface area contributed by atoms with E-state index in [1.165, 1.54) is 29.7 Å². The van der Waals surface area contributed by atoms with E-state index in [0.717, 1.165) is 6.54 Å². The van der Waals surface area contributed by atoms with Crippen LogP contribution in [0.25, 0.3) is 5.57 Å². The summed E-state index contributed by atoms with van der Waals surface area (Å²) in [5.74, 6) is -3.07. The summed E-state index contributed by atoms with van der Waals surface area (Å²) in [7, 11) is 2.23. The zero-order chi connectivity index (χ0) is 21.8. The van der Waals surface area contributed by atoms with E-state index in [9.17, 15) is 9.59 Å². The number of carboxylic acids is 2. The van der Waals surface area contributed by atoms with Crippen molar-refractivity contribution in [1.82, 2.24) is 4.90 Å². The van der Waals surface area contributed by atoms with Gasteiger partial charge in [-0.05, 0) is 41.3 Å². The summed E-state index contributed by atoms with van der Waals surface area (Å²) in [6.45, 7) is 2.28. The molecular weight excluding hydrogens is 386 g/mol. The first-order valence-electron chi connectivity index (χ1n) is 9.67. The van der Waals surface area contributed by atoms with Gasteiger partial charge < -0.3 is 25.3 Å². The number of rotatable bonds is 4. The minimum Gasteiger partial charge on any atom is -0.479 e. The van der Waals surface area contributed by atoms with Crippen molar-refractivity contribution < 1.29 is 30.0 Å². The van der Waals surface area contributed by atoms with E-state index in [2.05, 4.69) is 66.5 Å². The number of benzene rings is 2. The highest BCUT2D eigenvalue weighted by Gasteiger charge is 2.34. The molecule has 1 aliphatic heterocycles. The predicted octanol–water partition coefficient (Wildman–Crippen LogP) is 1.80. The molecule has 0 amide bonds. The highest BCUT2D eigenvalue weighted by molar-refractivity contribution is 5.83. The largest absolute Gasteiger partial charge is 0.479 e. The Kier molecular flexibility index (Phi) is 6.66. The molecule has 0 radical (unpaired) electrons. The van der Waals surface area contributed by atoms with Gasteiger partial charge in [-0.25, -0.2) is 9.59 Å². The zero-order valence-corrected chi connectivity index (χ0v) is 16.6. The van der Waals surface area contributed by atoms with Gasteiger partial charge in [0.15, 0.2) is 12.2 Å². The van der Waals surface area contributed by atoms with Gasteiger partial charge in [-0.15, -0.1) is 0 Å². The summed E-state index contributed by atoms with van der Waals surface area (Å²) < 4.78 is 0. The smallest absolute Gasteiger partial charge is 0.335 e. The van der Waals surface area contributed by atoms with Crippen molar-refractivity contribution in [3.63, 3.8) is 0 Å². The number of hydrogen-bond donors (Lipinski definition) is 4. The van der Waals surface area contributed by atoms with Crippen molar-refractivity contribution in [2.75, 3.05) is 20.1 Å². The second-order valence-corrected chi connectivity index (χ2v) is 7.49. The first kappa shape index (κ1) is 21.7. The van der Waals surface area contributed by atoms with E-state index < -0.39 is 24.1 Å². The van der Waals surface area contributed by atoms with Crippen LogP contribution in [0.5, 0.6) is 0 Å². The molecular formula is C23H25NO6. The molecule has 2 aromatic rings. The Bertz CT molecular complexity index is 937. The van der Waals surface area contributed by atoms with E-state index in [1.54, 1.807) is 11.1 Å². The first-order chi connectivity index (χ1) is 14.3. The molecule has 3 atom stereocenters. The Labute approximate surface area is 174 Å². The quantitative estimate of drug-likeness (QED) is 0.606. The minimum atomic E-state index is -2.27. The molecule has 4 N–H and O–H groups in total. The van der Waals surface area contributed by atoms with Crippen LogP contribution in [0.1, 0.15) is 29.0 Å². The van der Waals surface area contributed by atoms with Crippen LogP contribution in [-0.4, -0.2) is 69.6 Å². The monoisotopic (exact) mass is 411 g/mol. The van der Waals surface area contributed by atoms with Crippen LogP contribution in [0.2, 0.25) is 0 Å². The maximum Gasteiger partial charge on any atom is 0.335 e. The van der Waals surface area contributed by atoms with E-state index in [-0.39, 0.29) is 0 Å². The summed E-state index contributed by atoms with van der Waals surface area (Å²) in [5.41, 5.74) is 7.64. The molecule has 0 fully saturated rings. The van der Waals surface area contributed by atoms with Crippen molar-refractivity contribution in [1.29, 1.82) is 0 Å². The fraction of sp³-hybridized carbons (Fsp3) is 0.304. The second-order valence-electron chi connectivity index (χ2n) is 7.49. The Morgan fingerprint density at radius 1 is 0.933 bits per heavy atom. The van der Waals surface area contributed by atoms with Gasteiger partial charge in [-0.1, -0.05) is 54.6 Å². The number of hydrogen-bond acceptors (Lipinski definition) is 5. The van der Waals surface area contributed by atoms with E-state index in [0.29, 0.717) is 5.92 Å². The summed E-state index contributed by atoms with van der Waals surface area (Å²) in [6, 6.07) is 19.9. The fourth-order valence-electron chi connectivity index (χ4n) is 4.01. The molecule has 0 bridgehead atoms. The molecule has 2 aliphatic rings. The number of carbonyl (C=O) groups is 2. The van der Waals surface area contributed by atoms with Crippen LogP contribution in [0.3, 0.4) is 0 Å². The predicted molar refractivity (Wildman–Crippen MR) is 111 cm³/mol. The lowest BCUT2D eigenvalue weighted by molar-refractivity contribution is -0.165. The average molecular weight is 411 g/mol. The van der Waals surface area contributed by atoms with E-state index in [1.807, 2.05) is 0 Å². The lowest BCUT2D eigenvalue weighted by Gasteiger charge is -2.27. The van der Waals surface area contributed by atoms with Gasteiger partial charge in [0, 0.05) is 19.0 Å². The maximum absolute atomic E-state index is 9.77. The van der Waals surface area contributed by atoms with Crippen molar-refractivity contribution in [3.05, 3.63) is 76.9 Å². The van der Waals surface area contributed by atoms with Crippen molar-refractivity contribution in [2.45, 2.75) is 24.5 Å². The first-order valence-corrected chi connectivity index (χ1v) is 9.67. The Morgan fingerprint density at radius 3 is 2.10 bits per heavy atom. The summed E-state index contributed by atoms with van der Waals surface area (Å²) in [5, 5.41) is 32.5. The summed E-state index contributed by atoms with van der Waals surface area (Å²) >= 11 is 0. The standard InChI is InChI=1S/C19H19N.C4H6O6/c1-20-12-11-16-15-9-5-6-10-17(15)19(18(16)13-20)14-7-3-2-4-8-14;5-1(3(7)8)2(6)4(9)10/h2-10,19H,11-13H2,1H3;1-2,5-6H,(H,7,8)(H,9,10)/t;1-,2+. The molecule has 1 unspecified atom stereocenters. The van der Waals surface area contributed by atoms with Crippen molar-refractivity contribution >= 4 is 17.5 Å². The normalized spacial score (nSPS) is 19.8. The lowest BCUT2D eigenvalue weighted by atomic mass is 9.87. The number of carboxylic acid groups (broad SMARTS) is 2. The SMILES string of the molecule is CN1CCC2=C(C1)C(c1ccccc1)c1ccccc12.O=C(O)[C@@H](O)[C@@H](O)C(=O)O. The van der Waals surface area contributed by atoms with Crippen molar-refractivity contribution in [2.24, 2.45) is 0 Å². The van der Waals surface area contributed by atoms with Crippen LogP contribution in [0, 0.1) is 0 Å². The molecule has 2 aromatic carbocycles. The maximum atomic E-state index is 9.77. The Morgan fingerprint density at radius 2 is 1.50 bits per heavy atom. The summed E-state index contributed by atoms with van der Waals surface area (Å²) in [6.07, 6.45) is -3.35. The number of aliphatic hydroxyl groups is 2. The van der Waals surface area contributed by atoms with Crippen molar-refractivity contribution in [3.8, 4) is 0 Å². The molecule has 7 heteroatoms. The molecule has 1 aliphatic carbocycles. The number of likely N-dealkylation sites (N-methyl/N-ethyl adjacent to an activating group) is 1. The number of aliphatic hydroxyl groups excluding tert-OH is 2. The fourth-order valence-corrected chi connectivity index (χ4v) is 4.01. The molecule has 1 heterocycles. The lowest BCUT2D eigenvalue weighted by Crippen LogP contribution is -2.39. The molecule has 0 spiro atoms. The van der Waals surface area contributed by atoms with Crippen LogP contribution >= 0.6 is 0 Å². The van der Waals surface area contributed by atoms with Crippen LogP contribution in [0.4, 0.5) is 0 Å². The second kappa shape index (κ2) is 9.21. The van der Waals surface area contributed by atoms with Gasteiger partial charge in [0.2, 0.25) is 0 Å². The van der Waals surface area contributed by atoms with Crippen LogP contribution in [0.15, 0.2) is 60.2 Å². The Balaban J connectivity index is 0.000000220. The molecule has 30 heavy (non-hydrogen) atoms. The number of fused-ring (bicyclic) bond motifs is 2. The molecule has 0 saturated carbocycles. The number of aliphatic carboxylic acids is 2. The molecule has 4 rings (SSSR count). The molecule has 0 saturated heterocycles. The van der Waals surface area contributed by atoms with Gasteiger partial charge in [-0.3, -0.25) is 0 Å². The summed E-state index contributed by atoms with van der Waals surface area (Å²) in [4.78, 5) is 22.0. The molecule has 158 valence electrons. The number of nitrogens with zero attached hydrogens (tertiary/aromatic N) is 1. The van der Waals surface area contributed by atoms with Crippen LogP contribution in [-0.2, 0) is 9.59 Å². The van der Waals surface area contributed by atoms with Gasteiger partial charge >= 0.3 is 11.9 Å². The zero-order valence-electron chi connectivity index (χ0n) is 16.6. The van der Waals surface area contributed by atoms with Gasteiger partial charge in [-0.2, -0.15) is 0 Å². The highest BCUT2D eigenvalue weighted by atomic mass is 16.4. The third-order valence-electron chi connectivity index (χ3n) is 5.45. The van der Waals surface area contributed by atoms with E-state index in [4.69, 9.17) is 20.4 Å². The topological polar surface area (TPSA) is 118 Å². The van der Waals surface area contributed by atoms with Gasteiger partial charge in [0.1, 0.15) is 0 Å². The highest BCUT2D eigenvalue weighted by Crippen LogP contribution is 2.48. The third-order valence-corrected chi connectivity index (χ3v) is 5.45. The molecule has 7 nitrogen and oxygen atoms in total. The van der Waals surface area contributed by atoms with Gasteiger partial charge in [0.25, 0.3) is 0 Å². The average Bonchev–Trinajstić information content (AvgIpc) is 3.07. The minimum absolute atomic E-state index is 0.463. The molecule has 0 aromatic heterocycles. The van der Waals surface area contributed by atoms with E-state index >= 15 is 0 Å².